The van der Waals surface area contributed by atoms with E-state index in [4.69, 9.17) is 14.2 Å². The summed E-state index contributed by atoms with van der Waals surface area (Å²) < 4.78 is 32.8. The lowest BCUT2D eigenvalue weighted by Crippen LogP contribution is -2.45. The summed E-state index contributed by atoms with van der Waals surface area (Å²) >= 11 is 0. The molecule has 202 valence electrons. The van der Waals surface area contributed by atoms with Gasteiger partial charge in [-0.1, -0.05) is 45.9 Å². The van der Waals surface area contributed by atoms with E-state index in [9.17, 15) is 0 Å². The molecular formula is C34H41FO3. The van der Waals surface area contributed by atoms with Gasteiger partial charge in [0.05, 0.1) is 13.2 Å². The van der Waals surface area contributed by atoms with Crippen molar-refractivity contribution in [2.45, 2.75) is 77.9 Å². The van der Waals surface area contributed by atoms with Crippen molar-refractivity contribution in [2.24, 2.45) is 11.3 Å². The van der Waals surface area contributed by atoms with E-state index < -0.39 is 0 Å². The third kappa shape index (κ3) is 4.84. The maximum atomic E-state index is 15.0. The molecule has 0 bridgehead atoms. The fraction of sp³-hybridized carbons (Fsp3) is 0.471. The Bertz CT molecular complexity index is 1310. The van der Waals surface area contributed by atoms with Crippen LogP contribution in [0.25, 0.3) is 11.1 Å². The van der Waals surface area contributed by atoms with E-state index in [2.05, 4.69) is 52.0 Å². The number of halogens is 1. The van der Waals surface area contributed by atoms with Gasteiger partial charge in [0.2, 0.25) is 0 Å². The molecule has 2 aliphatic rings. The lowest BCUT2D eigenvalue weighted by molar-refractivity contribution is 0.0155. The Morgan fingerprint density at radius 2 is 1.74 bits per heavy atom. The van der Waals surface area contributed by atoms with Crippen molar-refractivity contribution < 1.29 is 18.6 Å². The lowest BCUT2D eigenvalue weighted by atomic mass is 9.52. The largest absolute Gasteiger partial charge is 0.497 e. The molecule has 2 aliphatic carbocycles. The first kappa shape index (κ1) is 26.7. The Balaban J connectivity index is 1.47. The highest BCUT2D eigenvalue weighted by molar-refractivity contribution is 5.70. The molecule has 1 saturated carbocycles. The van der Waals surface area contributed by atoms with Gasteiger partial charge in [0.25, 0.3) is 0 Å². The molecule has 0 radical (unpaired) electrons. The van der Waals surface area contributed by atoms with Crippen LogP contribution >= 0.6 is 0 Å². The van der Waals surface area contributed by atoms with E-state index >= 15 is 4.39 Å². The van der Waals surface area contributed by atoms with E-state index in [-0.39, 0.29) is 17.3 Å². The number of benzene rings is 3. The summed E-state index contributed by atoms with van der Waals surface area (Å²) in [5.41, 5.74) is 6.45. The van der Waals surface area contributed by atoms with Gasteiger partial charge in [0.15, 0.2) is 0 Å². The highest BCUT2D eigenvalue weighted by Gasteiger charge is 2.47. The van der Waals surface area contributed by atoms with E-state index in [0.717, 1.165) is 28.4 Å². The van der Waals surface area contributed by atoms with E-state index in [1.165, 1.54) is 49.3 Å². The van der Waals surface area contributed by atoms with Crippen LogP contribution in [0, 0.1) is 17.2 Å². The van der Waals surface area contributed by atoms with Crippen molar-refractivity contribution in [1.29, 1.82) is 0 Å². The molecular weight excluding hydrogens is 475 g/mol. The maximum Gasteiger partial charge on any atom is 0.131 e. The quantitative estimate of drug-likeness (QED) is 0.314. The third-order valence-corrected chi connectivity index (χ3v) is 8.94. The lowest BCUT2D eigenvalue weighted by Gasteiger charge is -2.52. The summed E-state index contributed by atoms with van der Waals surface area (Å²) in [5.74, 6) is 2.00. The van der Waals surface area contributed by atoms with Crippen LogP contribution in [0.2, 0.25) is 0 Å². The molecule has 0 aromatic heterocycles. The van der Waals surface area contributed by atoms with Crippen LogP contribution in [0.15, 0.2) is 54.6 Å². The van der Waals surface area contributed by atoms with Crippen molar-refractivity contribution in [3.63, 3.8) is 0 Å². The molecule has 38 heavy (non-hydrogen) atoms. The topological polar surface area (TPSA) is 27.7 Å². The number of hydrogen-bond acceptors (Lipinski definition) is 3. The minimum absolute atomic E-state index is 0.190. The molecule has 4 heteroatoms. The molecule has 0 aliphatic heterocycles. The molecule has 3 aromatic rings. The SMILES string of the molecule is COc1ccc(F)c(-c2ccc(COc3ccc4c(c3)[C@]3(CCC4)CC[C@@H]3C)cc2[C@@H](OC)C(C)(C)C)c1. The molecule has 0 heterocycles. The normalized spacial score (nSPS) is 21.5. The average Bonchev–Trinajstić information content (AvgIpc) is 2.90. The van der Waals surface area contributed by atoms with Gasteiger partial charge in [-0.2, -0.15) is 0 Å². The van der Waals surface area contributed by atoms with Crippen LogP contribution < -0.4 is 9.47 Å². The Hall–Kier alpha value is -2.85. The molecule has 1 spiro atoms. The zero-order chi connectivity index (χ0) is 27.1. The number of aryl methyl sites for hydroxylation is 1. The molecule has 0 unspecified atom stereocenters. The van der Waals surface area contributed by atoms with Gasteiger partial charge in [0.1, 0.15) is 23.9 Å². The first-order valence-electron chi connectivity index (χ1n) is 13.9. The standard InChI is InChI=1S/C34H41FO3/c1-22-15-17-34(22)16-7-8-24-10-11-26(20-30(24)34)38-21-23-9-13-27(28-19-25(36-5)12-14-31(28)35)29(18-23)32(37-6)33(2,3)4/h9-14,18-20,22,32H,7-8,15-17,21H2,1-6H3/t22-,32+,34+/m0/s1. The molecule has 0 saturated heterocycles. The van der Waals surface area contributed by atoms with Gasteiger partial charge in [-0.15, -0.1) is 0 Å². The van der Waals surface area contributed by atoms with Gasteiger partial charge in [-0.05, 0) is 113 Å². The number of hydrogen-bond donors (Lipinski definition) is 0. The zero-order valence-electron chi connectivity index (χ0n) is 23.7. The van der Waals surface area contributed by atoms with Gasteiger partial charge in [-0.3, -0.25) is 0 Å². The fourth-order valence-corrected chi connectivity index (χ4v) is 6.72. The monoisotopic (exact) mass is 516 g/mol. The summed E-state index contributed by atoms with van der Waals surface area (Å²) in [6.07, 6.45) is 6.13. The molecule has 3 atom stereocenters. The summed E-state index contributed by atoms with van der Waals surface area (Å²) in [7, 11) is 3.31. The summed E-state index contributed by atoms with van der Waals surface area (Å²) in [5, 5.41) is 0. The Morgan fingerprint density at radius 1 is 0.947 bits per heavy atom. The highest BCUT2D eigenvalue weighted by Crippen LogP contribution is 2.55. The minimum atomic E-state index is -0.284. The van der Waals surface area contributed by atoms with Gasteiger partial charge in [0, 0.05) is 12.7 Å². The predicted octanol–water partition coefficient (Wildman–Crippen LogP) is 8.82. The second kappa shape index (κ2) is 10.4. The van der Waals surface area contributed by atoms with Crippen LogP contribution in [0.1, 0.15) is 81.7 Å². The number of rotatable bonds is 7. The Labute approximate surface area is 227 Å². The molecule has 0 N–H and O–H groups in total. The fourth-order valence-electron chi connectivity index (χ4n) is 6.72. The molecule has 1 fully saturated rings. The smallest absolute Gasteiger partial charge is 0.131 e. The summed E-state index contributed by atoms with van der Waals surface area (Å²) in [6, 6.07) is 17.7. The number of ether oxygens (including phenoxy) is 3. The van der Waals surface area contributed by atoms with E-state index in [0.29, 0.717) is 23.3 Å². The minimum Gasteiger partial charge on any atom is -0.497 e. The molecule has 3 aromatic carbocycles. The van der Waals surface area contributed by atoms with Crippen LogP contribution in [0.4, 0.5) is 4.39 Å². The van der Waals surface area contributed by atoms with E-state index in [1.807, 2.05) is 12.1 Å². The van der Waals surface area contributed by atoms with Crippen LogP contribution in [0.3, 0.4) is 0 Å². The Morgan fingerprint density at radius 3 is 2.39 bits per heavy atom. The summed E-state index contributed by atoms with van der Waals surface area (Å²) in [4.78, 5) is 0. The van der Waals surface area contributed by atoms with Crippen LogP contribution in [0.5, 0.6) is 11.5 Å². The molecule has 0 amide bonds. The average molecular weight is 517 g/mol. The highest BCUT2D eigenvalue weighted by atomic mass is 19.1. The van der Waals surface area contributed by atoms with Gasteiger partial charge in [-0.25, -0.2) is 4.39 Å². The van der Waals surface area contributed by atoms with Crippen molar-refractivity contribution in [3.8, 4) is 22.6 Å². The number of methoxy groups -OCH3 is 2. The molecule has 5 rings (SSSR count). The van der Waals surface area contributed by atoms with Crippen LogP contribution in [-0.2, 0) is 23.2 Å². The molecule has 3 nitrogen and oxygen atoms in total. The van der Waals surface area contributed by atoms with Crippen molar-refractivity contribution in [3.05, 3.63) is 82.7 Å². The van der Waals surface area contributed by atoms with Gasteiger partial charge >= 0.3 is 0 Å². The third-order valence-electron chi connectivity index (χ3n) is 8.94. The second-order valence-electron chi connectivity index (χ2n) is 12.3. The van der Waals surface area contributed by atoms with Crippen molar-refractivity contribution in [2.75, 3.05) is 14.2 Å². The maximum absolute atomic E-state index is 15.0. The second-order valence-corrected chi connectivity index (χ2v) is 12.3. The Kier molecular flexibility index (Phi) is 7.30. The first-order chi connectivity index (χ1) is 18.2. The zero-order valence-corrected chi connectivity index (χ0v) is 23.7. The van der Waals surface area contributed by atoms with Crippen LogP contribution in [-0.4, -0.2) is 14.2 Å². The van der Waals surface area contributed by atoms with E-state index in [1.54, 1.807) is 26.4 Å². The van der Waals surface area contributed by atoms with Crippen molar-refractivity contribution >= 4 is 0 Å². The summed E-state index contributed by atoms with van der Waals surface area (Å²) in [6.45, 7) is 9.26. The van der Waals surface area contributed by atoms with Crippen molar-refractivity contribution in [1.82, 2.24) is 0 Å². The first-order valence-corrected chi connectivity index (χ1v) is 13.9. The predicted molar refractivity (Wildman–Crippen MR) is 151 cm³/mol. The number of fused-ring (bicyclic) bond motifs is 2. The van der Waals surface area contributed by atoms with Gasteiger partial charge < -0.3 is 14.2 Å².